The SMILES string of the molecule is CCC(CC)(c1ccc(CCC2(O)CCCC2)c(C)c1)c1ccc(OCCCCCC(=O)O)c(C)c1. The molecule has 0 spiro atoms. The largest absolute Gasteiger partial charge is 0.493 e. The highest BCUT2D eigenvalue weighted by Gasteiger charge is 2.33. The van der Waals surface area contributed by atoms with Crippen LogP contribution in [0.4, 0.5) is 0 Å². The van der Waals surface area contributed by atoms with Gasteiger partial charge in [0.2, 0.25) is 0 Å². The molecule has 2 aromatic carbocycles. The quantitative estimate of drug-likeness (QED) is 0.264. The van der Waals surface area contributed by atoms with Crippen molar-refractivity contribution in [2.24, 2.45) is 0 Å². The van der Waals surface area contributed by atoms with Crippen LogP contribution in [0, 0.1) is 13.8 Å². The molecule has 3 rings (SSSR count). The summed E-state index contributed by atoms with van der Waals surface area (Å²) in [5.74, 6) is 0.180. The van der Waals surface area contributed by atoms with E-state index in [4.69, 9.17) is 9.84 Å². The predicted octanol–water partition coefficient (Wildman–Crippen LogP) is 7.67. The van der Waals surface area contributed by atoms with Crippen LogP contribution in [-0.2, 0) is 16.6 Å². The molecule has 198 valence electrons. The molecule has 36 heavy (non-hydrogen) atoms. The summed E-state index contributed by atoms with van der Waals surface area (Å²) in [7, 11) is 0. The molecule has 1 saturated carbocycles. The summed E-state index contributed by atoms with van der Waals surface area (Å²) in [5.41, 5.74) is 5.99. The van der Waals surface area contributed by atoms with Crippen LogP contribution >= 0.6 is 0 Å². The van der Waals surface area contributed by atoms with Gasteiger partial charge in [-0.3, -0.25) is 4.79 Å². The van der Waals surface area contributed by atoms with Crippen molar-refractivity contribution in [1.29, 1.82) is 0 Å². The Bertz CT molecular complexity index is 999. The van der Waals surface area contributed by atoms with E-state index < -0.39 is 11.6 Å². The number of ether oxygens (including phenoxy) is 1. The van der Waals surface area contributed by atoms with Crippen molar-refractivity contribution in [3.8, 4) is 5.75 Å². The molecular formula is C32H46O4. The molecule has 0 bridgehead atoms. The number of carbonyl (C=O) groups is 1. The molecule has 4 nitrogen and oxygen atoms in total. The minimum atomic E-state index is -0.731. The van der Waals surface area contributed by atoms with Crippen LogP contribution in [0.3, 0.4) is 0 Å². The molecule has 0 aliphatic heterocycles. The number of hydrogen-bond donors (Lipinski definition) is 2. The van der Waals surface area contributed by atoms with Gasteiger partial charge in [-0.1, -0.05) is 57.0 Å². The maximum atomic E-state index is 10.8. The lowest BCUT2D eigenvalue weighted by Crippen LogP contribution is -2.27. The maximum Gasteiger partial charge on any atom is 0.303 e. The molecule has 4 heteroatoms. The average molecular weight is 495 g/mol. The first-order valence-electron chi connectivity index (χ1n) is 14.0. The third kappa shape index (κ3) is 6.91. The van der Waals surface area contributed by atoms with Crippen molar-refractivity contribution in [2.45, 2.75) is 116 Å². The standard InChI is InChI=1S/C32H46O4/c1-5-32(6-2,27-14-13-26(24(3)22-27)17-20-31(35)18-9-10-19-31)28-15-16-29(25(4)23-28)36-21-11-7-8-12-30(33)34/h13-16,22-23,35H,5-12,17-21H2,1-4H3,(H,33,34). The summed E-state index contributed by atoms with van der Waals surface area (Å²) in [6.07, 6.45) is 10.7. The Morgan fingerprint density at radius 3 is 2.17 bits per heavy atom. The van der Waals surface area contributed by atoms with E-state index >= 15 is 0 Å². The Hall–Kier alpha value is -2.33. The van der Waals surface area contributed by atoms with Crippen molar-refractivity contribution in [3.63, 3.8) is 0 Å². The lowest BCUT2D eigenvalue weighted by atomic mass is 9.69. The number of unbranched alkanes of at least 4 members (excludes halogenated alkanes) is 2. The normalized spacial score (nSPS) is 15.2. The number of carboxylic acid groups (broad SMARTS) is 1. The van der Waals surface area contributed by atoms with Crippen LogP contribution in [0.2, 0.25) is 0 Å². The van der Waals surface area contributed by atoms with E-state index in [1.165, 1.54) is 22.3 Å². The second kappa shape index (κ2) is 12.8. The maximum absolute atomic E-state index is 10.8. The summed E-state index contributed by atoms with van der Waals surface area (Å²) < 4.78 is 6.03. The minimum absolute atomic E-state index is 0.0485. The van der Waals surface area contributed by atoms with Crippen molar-refractivity contribution in [3.05, 3.63) is 64.2 Å². The summed E-state index contributed by atoms with van der Waals surface area (Å²) >= 11 is 0. The first kappa shape index (κ1) is 28.2. The fourth-order valence-electron chi connectivity index (χ4n) is 6.00. The van der Waals surface area contributed by atoms with Gasteiger partial charge in [0.05, 0.1) is 12.2 Å². The van der Waals surface area contributed by atoms with Crippen LogP contribution in [0.1, 0.15) is 112 Å². The number of rotatable bonds is 14. The average Bonchev–Trinajstić information content (AvgIpc) is 3.29. The Morgan fingerprint density at radius 1 is 0.944 bits per heavy atom. The Kier molecular flexibility index (Phi) is 10.0. The van der Waals surface area contributed by atoms with E-state index in [0.717, 1.165) is 75.5 Å². The van der Waals surface area contributed by atoms with Gasteiger partial charge >= 0.3 is 5.97 Å². The zero-order valence-electron chi connectivity index (χ0n) is 22.9. The van der Waals surface area contributed by atoms with Crippen molar-refractivity contribution >= 4 is 5.97 Å². The molecule has 0 amide bonds. The van der Waals surface area contributed by atoms with Crippen molar-refractivity contribution < 1.29 is 19.7 Å². The van der Waals surface area contributed by atoms with Gasteiger partial charge < -0.3 is 14.9 Å². The fourth-order valence-corrected chi connectivity index (χ4v) is 6.00. The highest BCUT2D eigenvalue weighted by Crippen LogP contribution is 2.41. The third-order valence-electron chi connectivity index (χ3n) is 8.52. The molecule has 1 aliphatic carbocycles. The Labute approximate surface area is 218 Å². The van der Waals surface area contributed by atoms with Crippen LogP contribution in [0.25, 0.3) is 0 Å². The summed E-state index contributed by atoms with van der Waals surface area (Å²) in [5, 5.41) is 19.5. The highest BCUT2D eigenvalue weighted by molar-refractivity contribution is 5.66. The van der Waals surface area contributed by atoms with Gasteiger partial charge in [-0.2, -0.15) is 0 Å². The third-order valence-corrected chi connectivity index (χ3v) is 8.52. The van der Waals surface area contributed by atoms with Gasteiger partial charge in [-0.15, -0.1) is 0 Å². The number of aryl methyl sites for hydroxylation is 3. The van der Waals surface area contributed by atoms with Gasteiger partial charge in [0.1, 0.15) is 5.75 Å². The van der Waals surface area contributed by atoms with Crippen molar-refractivity contribution in [1.82, 2.24) is 0 Å². The minimum Gasteiger partial charge on any atom is -0.493 e. The molecule has 0 atom stereocenters. The van der Waals surface area contributed by atoms with Crippen molar-refractivity contribution in [2.75, 3.05) is 6.61 Å². The molecule has 1 fully saturated rings. The number of aliphatic carboxylic acids is 1. The zero-order valence-corrected chi connectivity index (χ0v) is 22.9. The van der Waals surface area contributed by atoms with Gasteiger partial charge in [0.25, 0.3) is 0 Å². The van der Waals surface area contributed by atoms with Crippen LogP contribution in [-0.4, -0.2) is 28.4 Å². The molecule has 0 heterocycles. The molecule has 0 aromatic heterocycles. The number of aliphatic hydroxyl groups is 1. The lowest BCUT2D eigenvalue weighted by Gasteiger charge is -2.34. The summed E-state index contributed by atoms with van der Waals surface area (Å²) in [6.45, 7) is 9.49. The first-order valence-corrected chi connectivity index (χ1v) is 14.0. The molecule has 2 N–H and O–H groups in total. The van der Waals surface area contributed by atoms with Crippen LogP contribution < -0.4 is 4.74 Å². The van der Waals surface area contributed by atoms with Gasteiger partial charge in [0, 0.05) is 11.8 Å². The molecule has 1 aliphatic rings. The highest BCUT2D eigenvalue weighted by atomic mass is 16.5. The van der Waals surface area contributed by atoms with E-state index in [1.54, 1.807) is 0 Å². The summed E-state index contributed by atoms with van der Waals surface area (Å²) in [4.78, 5) is 10.6. The number of carboxylic acids is 1. The van der Waals surface area contributed by atoms with Gasteiger partial charge in [-0.25, -0.2) is 0 Å². The first-order chi connectivity index (χ1) is 17.2. The predicted molar refractivity (Wildman–Crippen MR) is 147 cm³/mol. The second-order valence-corrected chi connectivity index (χ2v) is 10.9. The second-order valence-electron chi connectivity index (χ2n) is 10.9. The zero-order chi connectivity index (χ0) is 26.2. The van der Waals surface area contributed by atoms with E-state index in [1.807, 2.05) is 0 Å². The molecule has 0 saturated heterocycles. The Balaban J connectivity index is 1.71. The lowest BCUT2D eigenvalue weighted by molar-refractivity contribution is -0.137. The fraction of sp³-hybridized carbons (Fsp3) is 0.594. The van der Waals surface area contributed by atoms with E-state index in [9.17, 15) is 9.90 Å². The van der Waals surface area contributed by atoms with Gasteiger partial charge in [-0.05, 0) is 106 Å². The van der Waals surface area contributed by atoms with E-state index in [2.05, 4.69) is 64.1 Å². The van der Waals surface area contributed by atoms with Gasteiger partial charge in [0.15, 0.2) is 0 Å². The topological polar surface area (TPSA) is 66.8 Å². The summed E-state index contributed by atoms with van der Waals surface area (Å²) in [6, 6.07) is 13.6. The van der Waals surface area contributed by atoms with Crippen LogP contribution in [0.5, 0.6) is 5.75 Å². The van der Waals surface area contributed by atoms with Crippen LogP contribution in [0.15, 0.2) is 36.4 Å². The molecule has 0 unspecified atom stereocenters. The van der Waals surface area contributed by atoms with E-state index in [0.29, 0.717) is 13.0 Å². The molecule has 2 aromatic rings. The monoisotopic (exact) mass is 494 g/mol. The molecule has 0 radical (unpaired) electrons. The molecular weight excluding hydrogens is 448 g/mol. The Morgan fingerprint density at radius 2 is 1.58 bits per heavy atom. The van der Waals surface area contributed by atoms with E-state index in [-0.39, 0.29) is 11.8 Å². The number of benzene rings is 2. The number of hydrogen-bond acceptors (Lipinski definition) is 3. The smallest absolute Gasteiger partial charge is 0.303 e.